The summed E-state index contributed by atoms with van der Waals surface area (Å²) >= 11 is 0. The number of alkyl halides is 3. The number of hydrazine groups is 1. The third kappa shape index (κ3) is 3.24. The Balaban J connectivity index is 2.78. The first kappa shape index (κ1) is 9.72. The molecule has 3 N–H and O–H groups in total. The van der Waals surface area contributed by atoms with E-state index in [1.807, 2.05) is 0 Å². The van der Waals surface area contributed by atoms with Crippen LogP contribution >= 0.6 is 0 Å². The first-order valence-corrected chi connectivity index (χ1v) is 3.36. The highest BCUT2D eigenvalue weighted by Gasteiger charge is 2.29. The lowest BCUT2D eigenvalue weighted by Gasteiger charge is -2.05. The highest BCUT2D eigenvalue weighted by Crippen LogP contribution is 2.19. The number of halogens is 3. The van der Waals surface area contributed by atoms with Gasteiger partial charge in [-0.2, -0.15) is 13.2 Å². The molecule has 7 heteroatoms. The van der Waals surface area contributed by atoms with Crippen LogP contribution in [0.1, 0.15) is 5.82 Å². The number of hydrogen-bond donors (Lipinski definition) is 2. The highest BCUT2D eigenvalue weighted by atomic mass is 19.4. The number of nitrogens with zero attached hydrogens (tertiary/aromatic N) is 2. The summed E-state index contributed by atoms with van der Waals surface area (Å²) in [5, 5.41) is 0. The maximum absolute atomic E-state index is 11.8. The number of anilines is 1. The van der Waals surface area contributed by atoms with E-state index in [-0.39, 0.29) is 11.6 Å². The SMILES string of the molecule is NNc1ccnc(CC(F)(F)F)n1. The van der Waals surface area contributed by atoms with Crippen LogP contribution in [0.15, 0.2) is 12.3 Å². The fourth-order valence-electron chi connectivity index (χ4n) is 0.744. The van der Waals surface area contributed by atoms with Gasteiger partial charge in [-0.3, -0.25) is 0 Å². The van der Waals surface area contributed by atoms with Crippen LogP contribution in [0.4, 0.5) is 19.0 Å². The standard InChI is InChI=1S/C6H7F3N4/c7-6(8,9)3-5-11-2-1-4(12-5)13-10/h1-2H,3,10H2,(H,11,12,13). The molecule has 0 aliphatic carbocycles. The third-order valence-corrected chi connectivity index (χ3v) is 1.21. The number of aromatic nitrogens is 2. The van der Waals surface area contributed by atoms with Gasteiger partial charge in [0.25, 0.3) is 0 Å². The topological polar surface area (TPSA) is 63.8 Å². The van der Waals surface area contributed by atoms with Gasteiger partial charge in [0.15, 0.2) is 0 Å². The first-order valence-electron chi connectivity index (χ1n) is 3.36. The second-order valence-electron chi connectivity index (χ2n) is 2.29. The summed E-state index contributed by atoms with van der Waals surface area (Å²) in [6.45, 7) is 0. The number of nitrogen functional groups attached to an aromatic ring is 1. The number of hydrogen-bond acceptors (Lipinski definition) is 4. The summed E-state index contributed by atoms with van der Waals surface area (Å²) < 4.78 is 35.5. The van der Waals surface area contributed by atoms with Crippen molar-refractivity contribution in [1.82, 2.24) is 9.97 Å². The van der Waals surface area contributed by atoms with Crippen molar-refractivity contribution in [2.75, 3.05) is 5.43 Å². The van der Waals surface area contributed by atoms with E-state index < -0.39 is 12.6 Å². The van der Waals surface area contributed by atoms with Gasteiger partial charge in [0.1, 0.15) is 18.1 Å². The van der Waals surface area contributed by atoms with Crippen molar-refractivity contribution in [1.29, 1.82) is 0 Å². The Morgan fingerprint density at radius 1 is 1.46 bits per heavy atom. The summed E-state index contributed by atoms with van der Waals surface area (Å²) in [5.74, 6) is 4.82. The Bertz CT molecular complexity index is 285. The Hall–Kier alpha value is -1.37. The molecule has 1 heterocycles. The lowest BCUT2D eigenvalue weighted by Crippen LogP contribution is -2.16. The van der Waals surface area contributed by atoms with Crippen molar-refractivity contribution in [2.24, 2.45) is 5.84 Å². The van der Waals surface area contributed by atoms with Crippen LogP contribution < -0.4 is 11.3 Å². The summed E-state index contributed by atoms with van der Waals surface area (Å²) in [6.07, 6.45) is -4.24. The molecule has 0 amide bonds. The van der Waals surface area contributed by atoms with Crippen molar-refractivity contribution >= 4 is 5.82 Å². The van der Waals surface area contributed by atoms with Crippen LogP contribution in [0, 0.1) is 0 Å². The molecule has 1 aromatic heterocycles. The maximum Gasteiger partial charge on any atom is 0.396 e. The Morgan fingerprint density at radius 3 is 2.69 bits per heavy atom. The molecule has 0 atom stereocenters. The van der Waals surface area contributed by atoms with E-state index in [2.05, 4.69) is 15.4 Å². The van der Waals surface area contributed by atoms with E-state index in [1.54, 1.807) is 0 Å². The van der Waals surface area contributed by atoms with Gasteiger partial charge >= 0.3 is 6.18 Å². The molecule has 0 spiro atoms. The van der Waals surface area contributed by atoms with E-state index in [4.69, 9.17) is 5.84 Å². The van der Waals surface area contributed by atoms with E-state index >= 15 is 0 Å². The smallest absolute Gasteiger partial charge is 0.308 e. The molecule has 0 aliphatic heterocycles. The number of nitrogens with two attached hydrogens (primary N) is 1. The molecule has 1 rings (SSSR count). The van der Waals surface area contributed by atoms with Crippen LogP contribution in [0.2, 0.25) is 0 Å². The lowest BCUT2D eigenvalue weighted by molar-refractivity contribution is -0.128. The molecule has 0 saturated carbocycles. The average Bonchev–Trinajstić information content (AvgIpc) is 2.01. The minimum Gasteiger partial charge on any atom is -0.308 e. The fraction of sp³-hybridized carbons (Fsp3) is 0.333. The second-order valence-corrected chi connectivity index (χ2v) is 2.29. The predicted molar refractivity (Wildman–Crippen MR) is 39.6 cm³/mol. The van der Waals surface area contributed by atoms with Gasteiger partial charge in [-0.1, -0.05) is 0 Å². The van der Waals surface area contributed by atoms with E-state index in [1.165, 1.54) is 12.3 Å². The number of rotatable bonds is 2. The molecular formula is C6H7F3N4. The summed E-state index contributed by atoms with van der Waals surface area (Å²) in [5.41, 5.74) is 2.13. The van der Waals surface area contributed by atoms with Gasteiger partial charge in [0, 0.05) is 12.3 Å². The molecule has 0 aromatic carbocycles. The largest absolute Gasteiger partial charge is 0.396 e. The minimum absolute atomic E-state index is 0.161. The zero-order chi connectivity index (χ0) is 9.90. The summed E-state index contributed by atoms with van der Waals surface area (Å²) in [7, 11) is 0. The number of nitrogens with one attached hydrogen (secondary N) is 1. The van der Waals surface area contributed by atoms with Gasteiger partial charge in [-0.05, 0) is 0 Å². The molecule has 0 radical (unpaired) electrons. The molecule has 0 bridgehead atoms. The van der Waals surface area contributed by atoms with Crippen LogP contribution in [-0.4, -0.2) is 16.1 Å². The molecule has 4 nitrogen and oxygen atoms in total. The monoisotopic (exact) mass is 192 g/mol. The summed E-state index contributed by atoms with van der Waals surface area (Å²) in [6, 6.07) is 1.37. The van der Waals surface area contributed by atoms with Crippen molar-refractivity contribution in [2.45, 2.75) is 12.6 Å². The molecule has 0 aliphatic rings. The zero-order valence-corrected chi connectivity index (χ0v) is 6.47. The molecular weight excluding hydrogens is 185 g/mol. The van der Waals surface area contributed by atoms with Crippen LogP contribution in [0.5, 0.6) is 0 Å². The zero-order valence-electron chi connectivity index (χ0n) is 6.47. The van der Waals surface area contributed by atoms with Crippen molar-refractivity contribution in [3.8, 4) is 0 Å². The third-order valence-electron chi connectivity index (χ3n) is 1.21. The quantitative estimate of drug-likeness (QED) is 0.539. The van der Waals surface area contributed by atoms with Crippen LogP contribution in [0.3, 0.4) is 0 Å². The van der Waals surface area contributed by atoms with Crippen molar-refractivity contribution in [3.63, 3.8) is 0 Å². The molecule has 72 valence electrons. The van der Waals surface area contributed by atoms with Gasteiger partial charge in [0.2, 0.25) is 0 Å². The average molecular weight is 192 g/mol. The van der Waals surface area contributed by atoms with Crippen molar-refractivity contribution < 1.29 is 13.2 Å². The van der Waals surface area contributed by atoms with Gasteiger partial charge < -0.3 is 5.43 Å². The highest BCUT2D eigenvalue weighted by molar-refractivity contribution is 5.30. The molecule has 1 aromatic rings. The van der Waals surface area contributed by atoms with Gasteiger partial charge in [-0.25, -0.2) is 15.8 Å². The van der Waals surface area contributed by atoms with Crippen LogP contribution in [0.25, 0.3) is 0 Å². The molecule has 0 unspecified atom stereocenters. The fourth-order valence-corrected chi connectivity index (χ4v) is 0.744. The molecule has 0 saturated heterocycles. The van der Waals surface area contributed by atoms with Gasteiger partial charge in [-0.15, -0.1) is 0 Å². The molecule has 13 heavy (non-hydrogen) atoms. The van der Waals surface area contributed by atoms with Crippen LogP contribution in [-0.2, 0) is 6.42 Å². The van der Waals surface area contributed by atoms with Gasteiger partial charge in [0.05, 0.1) is 0 Å². The second kappa shape index (κ2) is 3.56. The molecule has 0 fully saturated rings. The first-order chi connectivity index (χ1) is 6.01. The normalized spacial score (nSPS) is 11.4. The van der Waals surface area contributed by atoms with Crippen molar-refractivity contribution in [3.05, 3.63) is 18.1 Å². The van der Waals surface area contributed by atoms with E-state index in [0.29, 0.717) is 0 Å². The van der Waals surface area contributed by atoms with E-state index in [0.717, 1.165) is 0 Å². The van der Waals surface area contributed by atoms with E-state index in [9.17, 15) is 13.2 Å². The minimum atomic E-state index is -4.30. The Kier molecular flexibility index (Phi) is 2.66. The predicted octanol–water partition coefficient (Wildman–Crippen LogP) is 0.867. The maximum atomic E-state index is 11.8. The lowest BCUT2D eigenvalue weighted by atomic mass is 10.4. The Morgan fingerprint density at radius 2 is 2.15 bits per heavy atom. The Labute approximate surface area is 72.0 Å². The summed E-state index contributed by atoms with van der Waals surface area (Å²) in [4.78, 5) is 6.96.